The van der Waals surface area contributed by atoms with Crippen LogP contribution in [-0.4, -0.2) is 27.6 Å². The summed E-state index contributed by atoms with van der Waals surface area (Å²) in [7, 11) is 0. The molecule has 0 unspecified atom stereocenters. The van der Waals surface area contributed by atoms with Gasteiger partial charge in [-0.2, -0.15) is 13.2 Å². The fraction of sp³-hybridized carbons (Fsp3) is 0.333. The van der Waals surface area contributed by atoms with Crippen LogP contribution in [0.4, 0.5) is 18.0 Å². The average molecular weight is 405 g/mol. The second-order valence-corrected chi connectivity index (χ2v) is 7.59. The number of hydrogen-bond donors (Lipinski definition) is 1. The smallest absolute Gasteiger partial charge is 0.416 e. The number of alkyl carbamates (subject to hydrolysis) is 1. The summed E-state index contributed by atoms with van der Waals surface area (Å²) in [5.41, 5.74) is 0.672. The fourth-order valence-electron chi connectivity index (χ4n) is 2.90. The van der Waals surface area contributed by atoms with Crippen LogP contribution in [0.5, 0.6) is 0 Å². The lowest BCUT2D eigenvalue weighted by Crippen LogP contribution is -2.33. The molecule has 29 heavy (non-hydrogen) atoms. The number of nitrogens with zero attached hydrogens (tertiary/aromatic N) is 2. The molecule has 154 valence electrons. The number of benzene rings is 1. The highest BCUT2D eigenvalue weighted by atomic mass is 19.4. The quantitative estimate of drug-likeness (QED) is 0.658. The highest BCUT2D eigenvalue weighted by Crippen LogP contribution is 2.32. The van der Waals surface area contributed by atoms with E-state index >= 15 is 0 Å². The zero-order valence-corrected chi connectivity index (χ0v) is 16.4. The van der Waals surface area contributed by atoms with Crippen molar-refractivity contribution in [2.45, 2.75) is 39.0 Å². The average Bonchev–Trinajstić information content (AvgIpc) is 2.99. The van der Waals surface area contributed by atoms with E-state index in [1.807, 2.05) is 28.8 Å². The van der Waals surface area contributed by atoms with Gasteiger partial charge < -0.3 is 14.5 Å². The fourth-order valence-corrected chi connectivity index (χ4v) is 2.90. The first-order valence-corrected chi connectivity index (χ1v) is 9.15. The van der Waals surface area contributed by atoms with Crippen LogP contribution in [0.2, 0.25) is 0 Å². The number of hydrogen-bond acceptors (Lipinski definition) is 3. The minimum atomic E-state index is -4.38. The first kappa shape index (κ1) is 20.7. The lowest BCUT2D eigenvalue weighted by atomic mass is 10.1. The molecule has 1 amide bonds. The molecule has 0 saturated heterocycles. The van der Waals surface area contributed by atoms with Crippen molar-refractivity contribution < 1.29 is 22.7 Å². The number of carbonyl (C=O) groups excluding carboxylic acids is 1. The molecular formula is C21H22F3N3O2. The summed E-state index contributed by atoms with van der Waals surface area (Å²) < 4.78 is 45.5. The molecule has 1 N–H and O–H groups in total. The molecule has 5 nitrogen and oxygen atoms in total. The molecule has 3 aromatic rings. The molecule has 0 spiro atoms. The molecule has 0 aliphatic carbocycles. The Hall–Kier alpha value is -3.03. The number of amides is 1. The maximum absolute atomic E-state index is 12.8. The van der Waals surface area contributed by atoms with E-state index in [-0.39, 0.29) is 0 Å². The number of halogens is 3. The van der Waals surface area contributed by atoms with Crippen LogP contribution in [-0.2, 0) is 17.3 Å². The molecule has 0 atom stereocenters. The van der Waals surface area contributed by atoms with E-state index < -0.39 is 23.4 Å². The lowest BCUT2D eigenvalue weighted by molar-refractivity contribution is -0.137. The zero-order valence-electron chi connectivity index (χ0n) is 16.4. The molecule has 0 fully saturated rings. The number of carbonyl (C=O) groups is 1. The van der Waals surface area contributed by atoms with Crippen LogP contribution < -0.4 is 5.32 Å². The van der Waals surface area contributed by atoms with Crippen molar-refractivity contribution in [3.05, 3.63) is 60.0 Å². The molecule has 2 aromatic heterocycles. The highest BCUT2D eigenvalue weighted by Gasteiger charge is 2.30. The number of rotatable bonds is 4. The van der Waals surface area contributed by atoms with Crippen molar-refractivity contribution >= 4 is 11.6 Å². The van der Waals surface area contributed by atoms with Crippen LogP contribution in [0.1, 0.15) is 32.2 Å². The largest absolute Gasteiger partial charge is 0.444 e. The summed E-state index contributed by atoms with van der Waals surface area (Å²) in [4.78, 5) is 16.4. The second kappa shape index (κ2) is 7.77. The maximum atomic E-state index is 12.8. The van der Waals surface area contributed by atoms with E-state index in [0.717, 1.165) is 17.6 Å². The van der Waals surface area contributed by atoms with E-state index in [4.69, 9.17) is 4.74 Å². The van der Waals surface area contributed by atoms with E-state index in [9.17, 15) is 18.0 Å². The maximum Gasteiger partial charge on any atom is 0.416 e. The SMILES string of the molecule is CC(C)(C)OC(=O)NCCc1nc(-c2ccc(C(F)(F)F)cc2)c2ccccn12. The molecular weight excluding hydrogens is 383 g/mol. The van der Waals surface area contributed by atoms with Crippen LogP contribution in [0.3, 0.4) is 0 Å². The van der Waals surface area contributed by atoms with Gasteiger partial charge in [-0.25, -0.2) is 9.78 Å². The Bertz CT molecular complexity index is 1000. The molecule has 0 bridgehead atoms. The summed E-state index contributed by atoms with van der Waals surface area (Å²) in [6.45, 7) is 5.66. The van der Waals surface area contributed by atoms with Crippen LogP contribution in [0.25, 0.3) is 16.8 Å². The van der Waals surface area contributed by atoms with Gasteiger partial charge in [-0.3, -0.25) is 0 Å². The van der Waals surface area contributed by atoms with Gasteiger partial charge in [-0.15, -0.1) is 0 Å². The summed E-state index contributed by atoms with van der Waals surface area (Å²) in [6.07, 6.45) is -2.63. The summed E-state index contributed by atoms with van der Waals surface area (Å²) in [5, 5.41) is 2.69. The molecule has 0 aliphatic heterocycles. The number of nitrogens with one attached hydrogen (secondary N) is 1. The van der Waals surface area contributed by atoms with Crippen molar-refractivity contribution in [1.82, 2.24) is 14.7 Å². The molecule has 3 rings (SSSR count). The van der Waals surface area contributed by atoms with Gasteiger partial charge in [0.25, 0.3) is 0 Å². The normalized spacial score (nSPS) is 12.2. The zero-order chi connectivity index (χ0) is 21.2. The number of pyridine rings is 1. The van der Waals surface area contributed by atoms with Gasteiger partial charge in [0.05, 0.1) is 16.8 Å². The third kappa shape index (κ3) is 5.07. The van der Waals surface area contributed by atoms with Gasteiger partial charge in [-0.05, 0) is 45.0 Å². The molecule has 0 saturated carbocycles. The van der Waals surface area contributed by atoms with Crippen molar-refractivity contribution in [2.75, 3.05) is 6.54 Å². The Kier molecular flexibility index (Phi) is 5.55. The van der Waals surface area contributed by atoms with Crippen LogP contribution in [0.15, 0.2) is 48.7 Å². The minimum Gasteiger partial charge on any atom is -0.444 e. The second-order valence-electron chi connectivity index (χ2n) is 7.59. The Morgan fingerprint density at radius 1 is 1.10 bits per heavy atom. The van der Waals surface area contributed by atoms with Gasteiger partial charge in [0, 0.05) is 24.7 Å². The van der Waals surface area contributed by atoms with Gasteiger partial charge in [0.1, 0.15) is 11.4 Å². The summed E-state index contributed by atoms with van der Waals surface area (Å²) in [5.74, 6) is 0.687. The number of imidazole rings is 1. The topological polar surface area (TPSA) is 55.6 Å². The van der Waals surface area contributed by atoms with Crippen molar-refractivity contribution in [2.24, 2.45) is 0 Å². The Morgan fingerprint density at radius 3 is 2.41 bits per heavy atom. The van der Waals surface area contributed by atoms with Crippen LogP contribution >= 0.6 is 0 Å². The van der Waals surface area contributed by atoms with Crippen molar-refractivity contribution in [3.63, 3.8) is 0 Å². The Balaban J connectivity index is 1.81. The predicted molar refractivity (Wildman–Crippen MR) is 104 cm³/mol. The van der Waals surface area contributed by atoms with Gasteiger partial charge >= 0.3 is 12.3 Å². The van der Waals surface area contributed by atoms with Gasteiger partial charge in [0.2, 0.25) is 0 Å². The van der Waals surface area contributed by atoms with E-state index in [0.29, 0.717) is 30.0 Å². The van der Waals surface area contributed by atoms with E-state index in [2.05, 4.69) is 10.3 Å². The third-order valence-corrected chi connectivity index (χ3v) is 4.12. The van der Waals surface area contributed by atoms with Crippen LogP contribution in [0, 0.1) is 0 Å². The molecule has 1 aromatic carbocycles. The van der Waals surface area contributed by atoms with E-state index in [1.54, 1.807) is 20.8 Å². The number of ether oxygens (including phenoxy) is 1. The van der Waals surface area contributed by atoms with E-state index in [1.165, 1.54) is 12.1 Å². The molecule has 8 heteroatoms. The number of alkyl halides is 3. The monoisotopic (exact) mass is 405 g/mol. The molecule has 0 aliphatic rings. The molecule has 2 heterocycles. The van der Waals surface area contributed by atoms with Gasteiger partial charge in [0.15, 0.2) is 0 Å². The highest BCUT2D eigenvalue weighted by molar-refractivity contribution is 5.77. The lowest BCUT2D eigenvalue weighted by Gasteiger charge is -2.19. The number of fused-ring (bicyclic) bond motifs is 1. The first-order valence-electron chi connectivity index (χ1n) is 9.15. The third-order valence-electron chi connectivity index (χ3n) is 4.12. The number of aromatic nitrogens is 2. The first-order chi connectivity index (χ1) is 13.5. The summed E-state index contributed by atoms with van der Waals surface area (Å²) >= 11 is 0. The predicted octanol–water partition coefficient (Wildman–Crippen LogP) is 5.09. The van der Waals surface area contributed by atoms with Crippen molar-refractivity contribution in [1.29, 1.82) is 0 Å². The summed E-state index contributed by atoms with van der Waals surface area (Å²) in [6, 6.07) is 10.5. The Morgan fingerprint density at radius 2 is 1.79 bits per heavy atom. The molecule has 0 radical (unpaired) electrons. The van der Waals surface area contributed by atoms with Crippen molar-refractivity contribution in [3.8, 4) is 11.3 Å². The standard InChI is InChI=1S/C21H22F3N3O2/c1-20(2,3)29-19(28)25-12-11-17-26-18(16-6-4-5-13-27(16)17)14-7-9-15(10-8-14)21(22,23)24/h4-10,13H,11-12H2,1-3H3,(H,25,28). The van der Waals surface area contributed by atoms with Gasteiger partial charge in [-0.1, -0.05) is 18.2 Å². The minimum absolute atomic E-state index is 0.315. The Labute approximate surface area is 166 Å².